The minimum Gasteiger partial charge on any atom is -0.496 e. The zero-order valence-corrected chi connectivity index (χ0v) is 12.9. The highest BCUT2D eigenvalue weighted by Gasteiger charge is 2.27. The lowest BCUT2D eigenvalue weighted by molar-refractivity contribution is 0.215. The molecule has 4 atom stereocenters. The number of hydrogen-bond donors (Lipinski definition) is 1. The van der Waals surface area contributed by atoms with Crippen molar-refractivity contribution in [2.45, 2.75) is 52.1 Å². The molecular weight excluding hydrogens is 253 g/mol. The van der Waals surface area contributed by atoms with E-state index in [0.29, 0.717) is 12.0 Å². The normalized spacial score (nSPS) is 28.1. The van der Waals surface area contributed by atoms with Gasteiger partial charge in [0.1, 0.15) is 11.6 Å². The van der Waals surface area contributed by atoms with Crippen LogP contribution in [0.25, 0.3) is 0 Å². The summed E-state index contributed by atoms with van der Waals surface area (Å²) in [6.45, 7) is 6.70. The van der Waals surface area contributed by atoms with Crippen LogP contribution in [0, 0.1) is 17.7 Å². The molecular formula is C17H26FNO. The van der Waals surface area contributed by atoms with Gasteiger partial charge >= 0.3 is 0 Å². The average molecular weight is 279 g/mol. The molecule has 3 heteroatoms. The van der Waals surface area contributed by atoms with Gasteiger partial charge in [0.05, 0.1) is 7.11 Å². The quantitative estimate of drug-likeness (QED) is 0.886. The van der Waals surface area contributed by atoms with Crippen molar-refractivity contribution in [1.29, 1.82) is 0 Å². The molecule has 0 amide bonds. The number of benzene rings is 1. The summed E-state index contributed by atoms with van der Waals surface area (Å²) in [5.41, 5.74) is 0.901. The fourth-order valence-corrected chi connectivity index (χ4v) is 3.22. The molecule has 20 heavy (non-hydrogen) atoms. The van der Waals surface area contributed by atoms with Crippen molar-refractivity contribution >= 4 is 0 Å². The van der Waals surface area contributed by atoms with Gasteiger partial charge in [0.2, 0.25) is 0 Å². The van der Waals surface area contributed by atoms with Crippen LogP contribution in [0.5, 0.6) is 5.75 Å². The molecule has 1 N–H and O–H groups in total. The average Bonchev–Trinajstić information content (AvgIpc) is 2.42. The Labute approximate surface area is 121 Å². The Kier molecular flexibility index (Phi) is 5.03. The fraction of sp³-hybridized carbons (Fsp3) is 0.647. The summed E-state index contributed by atoms with van der Waals surface area (Å²) < 4.78 is 18.8. The van der Waals surface area contributed by atoms with E-state index in [9.17, 15) is 4.39 Å². The van der Waals surface area contributed by atoms with Crippen molar-refractivity contribution in [3.63, 3.8) is 0 Å². The van der Waals surface area contributed by atoms with Crippen LogP contribution < -0.4 is 10.1 Å². The summed E-state index contributed by atoms with van der Waals surface area (Å²) in [5.74, 6) is 1.99. The lowest BCUT2D eigenvalue weighted by Crippen LogP contribution is -2.40. The first-order chi connectivity index (χ1) is 9.51. The second-order valence-corrected chi connectivity index (χ2v) is 6.28. The van der Waals surface area contributed by atoms with Crippen molar-refractivity contribution < 1.29 is 9.13 Å². The number of nitrogens with one attached hydrogen (secondary N) is 1. The van der Waals surface area contributed by atoms with Crippen LogP contribution in [0.1, 0.15) is 51.6 Å². The van der Waals surface area contributed by atoms with E-state index in [2.05, 4.69) is 26.1 Å². The van der Waals surface area contributed by atoms with Gasteiger partial charge in [-0.3, -0.25) is 0 Å². The summed E-state index contributed by atoms with van der Waals surface area (Å²) in [4.78, 5) is 0. The Morgan fingerprint density at radius 1 is 1.30 bits per heavy atom. The number of methoxy groups -OCH3 is 1. The summed E-state index contributed by atoms with van der Waals surface area (Å²) in [6.07, 6.45) is 3.78. The maximum absolute atomic E-state index is 13.5. The summed E-state index contributed by atoms with van der Waals surface area (Å²) in [7, 11) is 1.63. The second-order valence-electron chi connectivity index (χ2n) is 6.28. The molecule has 0 aliphatic heterocycles. The molecule has 0 radical (unpaired) electrons. The third-order valence-electron chi connectivity index (χ3n) is 4.58. The molecule has 0 spiro atoms. The van der Waals surface area contributed by atoms with Gasteiger partial charge in [-0.25, -0.2) is 4.39 Å². The zero-order valence-electron chi connectivity index (χ0n) is 12.9. The first kappa shape index (κ1) is 15.3. The predicted octanol–water partition coefficient (Wildman–Crippen LogP) is 4.31. The van der Waals surface area contributed by atoms with Gasteiger partial charge in [0.15, 0.2) is 0 Å². The summed E-state index contributed by atoms with van der Waals surface area (Å²) in [6, 6.07) is 5.32. The Hall–Kier alpha value is -1.09. The van der Waals surface area contributed by atoms with Crippen LogP contribution in [0.2, 0.25) is 0 Å². The van der Waals surface area contributed by atoms with Gasteiger partial charge in [-0.05, 0) is 49.8 Å². The van der Waals surface area contributed by atoms with E-state index in [1.54, 1.807) is 19.2 Å². The third kappa shape index (κ3) is 3.51. The van der Waals surface area contributed by atoms with Crippen molar-refractivity contribution in [1.82, 2.24) is 5.32 Å². The first-order valence-electron chi connectivity index (χ1n) is 7.60. The number of rotatable bonds is 4. The van der Waals surface area contributed by atoms with Gasteiger partial charge in [-0.1, -0.05) is 20.3 Å². The highest BCUT2D eigenvalue weighted by Crippen LogP contribution is 2.32. The Bertz CT molecular complexity index is 449. The molecule has 0 aromatic heterocycles. The van der Waals surface area contributed by atoms with E-state index in [4.69, 9.17) is 4.74 Å². The van der Waals surface area contributed by atoms with E-state index in [-0.39, 0.29) is 11.9 Å². The minimum atomic E-state index is -0.209. The van der Waals surface area contributed by atoms with Crippen LogP contribution in [-0.2, 0) is 0 Å². The van der Waals surface area contributed by atoms with Crippen LogP contribution in [0.4, 0.5) is 4.39 Å². The lowest BCUT2D eigenvalue weighted by atomic mass is 9.79. The molecule has 4 unspecified atom stereocenters. The Morgan fingerprint density at radius 2 is 2.05 bits per heavy atom. The molecule has 0 heterocycles. The smallest absolute Gasteiger partial charge is 0.123 e. The van der Waals surface area contributed by atoms with Gasteiger partial charge in [0, 0.05) is 17.6 Å². The minimum absolute atomic E-state index is 0.0957. The SMILES string of the molecule is COc1ccc(F)cc1C(C)NC1CC(C)CCC1C. The number of ether oxygens (including phenoxy) is 1. The Morgan fingerprint density at radius 3 is 2.75 bits per heavy atom. The molecule has 1 aliphatic rings. The molecule has 1 fully saturated rings. The standard InChI is InChI=1S/C17H26FNO/c1-11-5-6-12(2)16(9-11)19-13(3)15-10-14(18)7-8-17(15)20-4/h7-8,10-13,16,19H,5-6,9H2,1-4H3. The van der Waals surface area contributed by atoms with Gasteiger partial charge in [0.25, 0.3) is 0 Å². The summed E-state index contributed by atoms with van der Waals surface area (Å²) in [5, 5.41) is 3.67. The first-order valence-corrected chi connectivity index (χ1v) is 7.60. The summed E-state index contributed by atoms with van der Waals surface area (Å²) >= 11 is 0. The maximum Gasteiger partial charge on any atom is 0.123 e. The van der Waals surface area contributed by atoms with Gasteiger partial charge in [-0.2, -0.15) is 0 Å². The van der Waals surface area contributed by atoms with Crippen LogP contribution in [0.3, 0.4) is 0 Å². The van der Waals surface area contributed by atoms with Crippen LogP contribution in [-0.4, -0.2) is 13.2 Å². The Balaban J connectivity index is 2.11. The maximum atomic E-state index is 13.5. The largest absolute Gasteiger partial charge is 0.496 e. The second kappa shape index (κ2) is 6.57. The molecule has 0 bridgehead atoms. The third-order valence-corrected chi connectivity index (χ3v) is 4.58. The van der Waals surface area contributed by atoms with Crippen molar-refractivity contribution in [2.24, 2.45) is 11.8 Å². The molecule has 0 saturated heterocycles. The fourth-order valence-electron chi connectivity index (χ4n) is 3.22. The van der Waals surface area contributed by atoms with Crippen molar-refractivity contribution in [2.75, 3.05) is 7.11 Å². The van der Waals surface area contributed by atoms with E-state index < -0.39 is 0 Å². The molecule has 1 saturated carbocycles. The molecule has 2 rings (SSSR count). The highest BCUT2D eigenvalue weighted by molar-refractivity contribution is 5.36. The number of hydrogen-bond acceptors (Lipinski definition) is 2. The monoisotopic (exact) mass is 279 g/mol. The van der Waals surface area contributed by atoms with E-state index >= 15 is 0 Å². The van der Waals surface area contributed by atoms with Gasteiger partial charge < -0.3 is 10.1 Å². The molecule has 112 valence electrons. The number of halogens is 1. The lowest BCUT2D eigenvalue weighted by Gasteiger charge is -2.35. The van der Waals surface area contributed by atoms with Crippen LogP contribution in [0.15, 0.2) is 18.2 Å². The van der Waals surface area contributed by atoms with Crippen molar-refractivity contribution in [3.8, 4) is 5.75 Å². The zero-order chi connectivity index (χ0) is 14.7. The highest BCUT2D eigenvalue weighted by atomic mass is 19.1. The van der Waals surface area contributed by atoms with E-state index in [0.717, 1.165) is 17.2 Å². The molecule has 1 aromatic rings. The van der Waals surface area contributed by atoms with E-state index in [1.165, 1.54) is 25.3 Å². The van der Waals surface area contributed by atoms with Gasteiger partial charge in [-0.15, -0.1) is 0 Å². The predicted molar refractivity (Wildman–Crippen MR) is 80.5 cm³/mol. The molecule has 2 nitrogen and oxygen atoms in total. The van der Waals surface area contributed by atoms with E-state index in [1.807, 2.05) is 0 Å². The molecule has 1 aromatic carbocycles. The van der Waals surface area contributed by atoms with Crippen LogP contribution >= 0.6 is 0 Å². The molecule has 1 aliphatic carbocycles. The topological polar surface area (TPSA) is 21.3 Å². The van der Waals surface area contributed by atoms with Crippen molar-refractivity contribution in [3.05, 3.63) is 29.6 Å².